The van der Waals surface area contributed by atoms with Gasteiger partial charge in [0.2, 0.25) is 0 Å². The van der Waals surface area contributed by atoms with E-state index in [4.69, 9.17) is 8.83 Å². The molecule has 8 heteroatoms. The van der Waals surface area contributed by atoms with Crippen molar-refractivity contribution in [1.29, 1.82) is 0 Å². The number of hydrogen-bond acceptors (Lipinski definition) is 8. The van der Waals surface area contributed by atoms with Gasteiger partial charge in [-0.15, -0.1) is 0 Å². The molecule has 0 aliphatic carbocycles. The minimum Gasteiger partial charge on any atom is -0.422 e. The van der Waals surface area contributed by atoms with Gasteiger partial charge in [0.15, 0.2) is 0 Å². The van der Waals surface area contributed by atoms with Crippen LogP contribution in [0.15, 0.2) is 225 Å². The minimum absolute atomic E-state index is 0.386. The van der Waals surface area contributed by atoms with Gasteiger partial charge in [-0.25, -0.2) is 9.59 Å². The van der Waals surface area contributed by atoms with Crippen molar-refractivity contribution >= 4 is 67.4 Å². The fourth-order valence-electron chi connectivity index (χ4n) is 9.41. The van der Waals surface area contributed by atoms with Crippen molar-refractivity contribution in [3.8, 4) is 33.4 Å². The lowest BCUT2D eigenvalue weighted by Gasteiger charge is -2.26. The molecule has 0 N–H and O–H groups in total. The Labute approximate surface area is 408 Å². The summed E-state index contributed by atoms with van der Waals surface area (Å²) in [4.78, 5) is 36.0. The molecule has 0 aliphatic rings. The van der Waals surface area contributed by atoms with Crippen LogP contribution in [0.1, 0.15) is 27.7 Å². The maximum absolute atomic E-state index is 13.5. The number of rotatable bonds is 15. The largest absolute Gasteiger partial charge is 0.422 e. The van der Waals surface area contributed by atoms with Crippen LogP contribution in [0.3, 0.4) is 0 Å². The Morgan fingerprint density at radius 3 is 0.914 bits per heavy atom. The molecule has 8 aromatic carbocycles. The SMILES string of the molecule is CCN(CC)c1ccc2cc(-c3ccc(N(c4ccc(-c5ccc(N(c6ccccc6)c6ccccc6)cc5)cc4)c4ccc(-c5cc6ccc(N(CC)CC)cc6oc5=O)cc4)cc3)c(=O)oc2c1. The van der Waals surface area contributed by atoms with E-state index in [1.54, 1.807) is 0 Å². The third-order valence-electron chi connectivity index (χ3n) is 13.2. The molecule has 0 saturated heterocycles. The number of fused-ring (bicyclic) bond motifs is 2. The Morgan fingerprint density at radius 2 is 0.600 bits per heavy atom. The summed E-state index contributed by atoms with van der Waals surface area (Å²) in [5.41, 5.74) is 13.0. The lowest BCUT2D eigenvalue weighted by atomic mass is 10.0. The van der Waals surface area contributed by atoms with E-state index in [9.17, 15) is 9.59 Å². The predicted octanol–water partition coefficient (Wildman–Crippen LogP) is 15.5. The summed E-state index contributed by atoms with van der Waals surface area (Å²) < 4.78 is 11.9. The van der Waals surface area contributed by atoms with Crippen molar-refractivity contribution in [2.45, 2.75) is 27.7 Å². The van der Waals surface area contributed by atoms with Gasteiger partial charge in [-0.2, -0.15) is 0 Å². The van der Waals surface area contributed by atoms with Gasteiger partial charge in [-0.1, -0.05) is 84.9 Å². The van der Waals surface area contributed by atoms with E-state index in [1.807, 2.05) is 97.1 Å². The standard InChI is InChI=1S/C62H54N4O4/c1-5-63(6-2)55-37-27-47-39-57(61(67)69-59(47)41-55)45-23-33-53(34-24-45)66(54-35-25-46(26-36-54)58-40-48-28-38-56(64(7-3)8-4)42-60(48)70-62(58)68)52-31-21-44(22-32-52)43-19-29-51(30-20-43)65(49-15-11-9-12-16-49)50-17-13-10-14-18-50/h9-42H,5-8H2,1-4H3. The van der Waals surface area contributed by atoms with Gasteiger partial charge in [-0.05, 0) is 159 Å². The van der Waals surface area contributed by atoms with Crippen LogP contribution in [0.5, 0.6) is 0 Å². The summed E-state index contributed by atoms with van der Waals surface area (Å²) in [6.45, 7) is 11.9. The number of anilines is 8. The van der Waals surface area contributed by atoms with Crippen LogP contribution in [0, 0.1) is 0 Å². The normalized spacial score (nSPS) is 11.2. The summed E-state index contributed by atoms with van der Waals surface area (Å²) in [5, 5.41) is 1.72. The molecule has 10 rings (SSSR count). The topological polar surface area (TPSA) is 73.4 Å². The van der Waals surface area contributed by atoms with Gasteiger partial charge < -0.3 is 28.4 Å². The zero-order valence-corrected chi connectivity index (χ0v) is 39.9. The molecule has 0 saturated carbocycles. The van der Waals surface area contributed by atoms with Crippen LogP contribution in [0.25, 0.3) is 55.3 Å². The number of benzene rings is 8. The first-order valence-electron chi connectivity index (χ1n) is 24.1. The molecule has 0 aliphatic heterocycles. The van der Waals surface area contributed by atoms with Crippen molar-refractivity contribution in [3.63, 3.8) is 0 Å². The molecule has 0 fully saturated rings. The number of nitrogens with zero attached hydrogens (tertiary/aromatic N) is 4. The fourth-order valence-corrected chi connectivity index (χ4v) is 9.41. The van der Waals surface area contributed by atoms with Crippen LogP contribution < -0.4 is 30.9 Å². The summed E-state index contributed by atoms with van der Waals surface area (Å²) >= 11 is 0. The maximum Gasteiger partial charge on any atom is 0.344 e. The summed E-state index contributed by atoms with van der Waals surface area (Å²) in [6, 6.07) is 69.9. The van der Waals surface area contributed by atoms with Crippen molar-refractivity contribution < 1.29 is 8.83 Å². The van der Waals surface area contributed by atoms with Gasteiger partial charge in [0.05, 0.1) is 11.1 Å². The van der Waals surface area contributed by atoms with Gasteiger partial charge in [0.25, 0.3) is 0 Å². The van der Waals surface area contributed by atoms with Crippen LogP contribution in [-0.2, 0) is 0 Å². The van der Waals surface area contributed by atoms with E-state index < -0.39 is 0 Å². The van der Waals surface area contributed by atoms with E-state index in [0.29, 0.717) is 22.3 Å². The maximum atomic E-state index is 13.5. The van der Waals surface area contributed by atoms with Crippen molar-refractivity contribution in [2.75, 3.05) is 45.8 Å². The number of para-hydroxylation sites is 2. The third kappa shape index (κ3) is 9.07. The van der Waals surface area contributed by atoms with Crippen molar-refractivity contribution in [1.82, 2.24) is 0 Å². The molecule has 70 heavy (non-hydrogen) atoms. The van der Waals surface area contributed by atoms with Crippen molar-refractivity contribution in [2.24, 2.45) is 0 Å². The highest BCUT2D eigenvalue weighted by atomic mass is 16.4. The Morgan fingerprint density at radius 1 is 0.314 bits per heavy atom. The average Bonchev–Trinajstić information content (AvgIpc) is 3.40. The zero-order valence-electron chi connectivity index (χ0n) is 39.9. The van der Waals surface area contributed by atoms with Gasteiger partial charge in [0, 0.05) is 94.6 Å². The van der Waals surface area contributed by atoms with Gasteiger partial charge in [-0.3, -0.25) is 0 Å². The fraction of sp³-hybridized carbons (Fsp3) is 0.129. The highest BCUT2D eigenvalue weighted by molar-refractivity contribution is 5.88. The van der Waals surface area contributed by atoms with Crippen LogP contribution in [0.2, 0.25) is 0 Å². The quantitative estimate of drug-likeness (QED) is 0.0942. The zero-order chi connectivity index (χ0) is 48.1. The molecule has 0 spiro atoms. The lowest BCUT2D eigenvalue weighted by molar-refractivity contribution is 0.563. The van der Waals surface area contributed by atoms with Gasteiger partial charge >= 0.3 is 11.3 Å². The molecule has 0 radical (unpaired) electrons. The molecule has 2 heterocycles. The molecular formula is C62H54N4O4. The molecule has 0 atom stereocenters. The molecule has 10 aromatic rings. The average molecular weight is 919 g/mol. The minimum atomic E-state index is -0.386. The van der Waals surface area contributed by atoms with Gasteiger partial charge in [0.1, 0.15) is 11.2 Å². The molecule has 0 bridgehead atoms. The molecule has 346 valence electrons. The molecule has 0 unspecified atom stereocenters. The highest BCUT2D eigenvalue weighted by Gasteiger charge is 2.18. The predicted molar refractivity (Wildman–Crippen MR) is 291 cm³/mol. The third-order valence-corrected chi connectivity index (χ3v) is 13.2. The Balaban J connectivity index is 0.986. The second-order valence-corrected chi connectivity index (χ2v) is 17.2. The van der Waals surface area contributed by atoms with E-state index in [1.165, 1.54) is 0 Å². The van der Waals surface area contributed by atoms with Crippen LogP contribution >= 0.6 is 0 Å². The first-order chi connectivity index (χ1) is 34.3. The van der Waals surface area contributed by atoms with E-state index >= 15 is 0 Å². The number of hydrogen-bond donors (Lipinski definition) is 0. The van der Waals surface area contributed by atoms with E-state index in [2.05, 4.69) is 156 Å². The van der Waals surface area contributed by atoms with Crippen LogP contribution in [-0.4, -0.2) is 26.2 Å². The monoisotopic (exact) mass is 918 g/mol. The van der Waals surface area contributed by atoms with Crippen LogP contribution in [0.4, 0.5) is 45.5 Å². The van der Waals surface area contributed by atoms with Crippen molar-refractivity contribution in [3.05, 3.63) is 227 Å². The summed E-state index contributed by atoms with van der Waals surface area (Å²) in [6.07, 6.45) is 0. The molecule has 8 nitrogen and oxygen atoms in total. The first kappa shape index (κ1) is 45.2. The molecule has 0 amide bonds. The summed E-state index contributed by atoms with van der Waals surface area (Å²) in [7, 11) is 0. The second-order valence-electron chi connectivity index (χ2n) is 17.2. The Hall–Kier alpha value is -8.62. The highest BCUT2D eigenvalue weighted by Crippen LogP contribution is 2.39. The Bertz CT molecular complexity index is 3320. The lowest BCUT2D eigenvalue weighted by Crippen LogP contribution is -2.21. The molecule has 2 aromatic heterocycles. The van der Waals surface area contributed by atoms with E-state index in [0.717, 1.165) is 105 Å². The smallest absolute Gasteiger partial charge is 0.344 e. The molecular weight excluding hydrogens is 865 g/mol. The second kappa shape index (κ2) is 19.9. The summed E-state index contributed by atoms with van der Waals surface area (Å²) in [5.74, 6) is 0. The first-order valence-corrected chi connectivity index (χ1v) is 24.1. The van der Waals surface area contributed by atoms with E-state index in [-0.39, 0.29) is 11.3 Å². The Kier molecular flexibility index (Phi) is 12.9.